The largest absolute Gasteiger partial charge is 0.493 e. The van der Waals surface area contributed by atoms with Gasteiger partial charge in [-0.15, -0.1) is 0 Å². The molecule has 0 aromatic heterocycles. The van der Waals surface area contributed by atoms with E-state index in [2.05, 4.69) is 53.1 Å². The Morgan fingerprint density at radius 2 is 2.05 bits per heavy atom. The second-order valence-corrected chi connectivity index (χ2v) is 4.72. The third-order valence-corrected chi connectivity index (χ3v) is 3.40. The van der Waals surface area contributed by atoms with Gasteiger partial charge in [-0.05, 0) is 41.5 Å². The van der Waals surface area contributed by atoms with Crippen molar-refractivity contribution in [2.24, 2.45) is 0 Å². The van der Waals surface area contributed by atoms with E-state index in [-0.39, 0.29) is 0 Å². The summed E-state index contributed by atoms with van der Waals surface area (Å²) >= 11 is 0. The number of hydrogen-bond donors (Lipinski definition) is 2. The van der Waals surface area contributed by atoms with Crippen LogP contribution in [0.3, 0.4) is 0 Å². The molecular formula is C16H18N2O. The van der Waals surface area contributed by atoms with Crippen molar-refractivity contribution in [2.45, 2.75) is 13.0 Å². The lowest BCUT2D eigenvalue weighted by molar-refractivity contribution is 0.357. The highest BCUT2D eigenvalue weighted by Gasteiger charge is 2.11. The lowest BCUT2D eigenvalue weighted by Crippen LogP contribution is -2.00. The van der Waals surface area contributed by atoms with Crippen molar-refractivity contribution in [3.63, 3.8) is 0 Å². The minimum Gasteiger partial charge on any atom is -0.493 e. The van der Waals surface area contributed by atoms with Gasteiger partial charge < -0.3 is 15.4 Å². The maximum Gasteiger partial charge on any atom is 0.122 e. The van der Waals surface area contributed by atoms with Crippen molar-refractivity contribution in [1.82, 2.24) is 0 Å². The van der Waals surface area contributed by atoms with Crippen LogP contribution >= 0.6 is 0 Å². The average molecular weight is 254 g/mol. The van der Waals surface area contributed by atoms with Crippen LogP contribution in [0.15, 0.2) is 42.5 Å². The zero-order valence-corrected chi connectivity index (χ0v) is 11.1. The molecule has 3 rings (SSSR count). The van der Waals surface area contributed by atoms with Crippen LogP contribution in [-0.2, 0) is 13.0 Å². The van der Waals surface area contributed by atoms with Gasteiger partial charge in [0.05, 0.1) is 6.61 Å². The average Bonchev–Trinajstić information content (AvgIpc) is 2.93. The summed E-state index contributed by atoms with van der Waals surface area (Å²) in [5, 5.41) is 6.61. The Bertz CT molecular complexity index is 581. The Labute approximate surface area is 113 Å². The lowest BCUT2D eigenvalue weighted by atomic mass is 10.1. The van der Waals surface area contributed by atoms with E-state index < -0.39 is 0 Å². The highest BCUT2D eigenvalue weighted by atomic mass is 16.5. The first-order valence-corrected chi connectivity index (χ1v) is 6.61. The van der Waals surface area contributed by atoms with E-state index in [1.54, 1.807) is 0 Å². The van der Waals surface area contributed by atoms with Crippen LogP contribution in [0.1, 0.15) is 11.1 Å². The fourth-order valence-corrected chi connectivity index (χ4v) is 2.34. The summed E-state index contributed by atoms with van der Waals surface area (Å²) in [7, 11) is 1.94. The van der Waals surface area contributed by atoms with Crippen molar-refractivity contribution in [3.8, 4) is 5.75 Å². The molecule has 0 bridgehead atoms. The van der Waals surface area contributed by atoms with Crippen molar-refractivity contribution in [3.05, 3.63) is 53.6 Å². The maximum absolute atomic E-state index is 5.51. The predicted octanol–water partition coefficient (Wildman–Crippen LogP) is 3.28. The molecule has 0 atom stereocenters. The Balaban J connectivity index is 1.68. The zero-order valence-electron chi connectivity index (χ0n) is 11.1. The third-order valence-electron chi connectivity index (χ3n) is 3.40. The van der Waals surface area contributed by atoms with Gasteiger partial charge >= 0.3 is 0 Å². The maximum atomic E-state index is 5.51. The monoisotopic (exact) mass is 254 g/mol. The van der Waals surface area contributed by atoms with E-state index in [9.17, 15) is 0 Å². The summed E-state index contributed by atoms with van der Waals surface area (Å²) in [6.45, 7) is 1.64. The summed E-state index contributed by atoms with van der Waals surface area (Å²) in [5.41, 5.74) is 4.86. The minimum absolute atomic E-state index is 0.809. The second kappa shape index (κ2) is 5.22. The zero-order chi connectivity index (χ0) is 13.1. The van der Waals surface area contributed by atoms with E-state index in [0.29, 0.717) is 0 Å². The van der Waals surface area contributed by atoms with Gasteiger partial charge in [0, 0.05) is 31.4 Å². The predicted molar refractivity (Wildman–Crippen MR) is 79.0 cm³/mol. The highest BCUT2D eigenvalue weighted by Crippen LogP contribution is 2.28. The molecule has 2 aromatic rings. The van der Waals surface area contributed by atoms with Crippen LogP contribution in [0.25, 0.3) is 0 Å². The van der Waals surface area contributed by atoms with E-state index in [1.165, 1.54) is 11.1 Å². The number of benzene rings is 2. The highest BCUT2D eigenvalue weighted by molar-refractivity contribution is 5.53. The molecule has 0 aliphatic carbocycles. The van der Waals surface area contributed by atoms with E-state index >= 15 is 0 Å². The van der Waals surface area contributed by atoms with Crippen LogP contribution in [0.5, 0.6) is 5.75 Å². The first kappa shape index (κ1) is 11.9. The lowest BCUT2D eigenvalue weighted by Gasteiger charge is -2.09. The molecule has 1 heterocycles. The Hall–Kier alpha value is -2.16. The van der Waals surface area contributed by atoms with Crippen LogP contribution in [0, 0.1) is 0 Å². The molecule has 2 aromatic carbocycles. The first-order chi connectivity index (χ1) is 9.35. The minimum atomic E-state index is 0.809. The number of nitrogens with one attached hydrogen (secondary N) is 2. The van der Waals surface area contributed by atoms with Gasteiger partial charge in [0.15, 0.2) is 0 Å². The fourth-order valence-electron chi connectivity index (χ4n) is 2.34. The van der Waals surface area contributed by atoms with Crippen molar-refractivity contribution < 1.29 is 4.74 Å². The van der Waals surface area contributed by atoms with Gasteiger partial charge in [0.25, 0.3) is 0 Å². The Kier molecular flexibility index (Phi) is 3.27. The summed E-state index contributed by atoms with van der Waals surface area (Å²) in [6, 6.07) is 14.7. The molecule has 19 heavy (non-hydrogen) atoms. The molecule has 0 radical (unpaired) electrons. The van der Waals surface area contributed by atoms with E-state index in [4.69, 9.17) is 4.74 Å². The van der Waals surface area contributed by atoms with Gasteiger partial charge in [-0.3, -0.25) is 0 Å². The van der Waals surface area contributed by atoms with Crippen molar-refractivity contribution in [2.75, 3.05) is 24.3 Å². The normalized spacial score (nSPS) is 12.7. The van der Waals surface area contributed by atoms with Crippen LogP contribution < -0.4 is 15.4 Å². The summed E-state index contributed by atoms with van der Waals surface area (Å²) < 4.78 is 5.51. The van der Waals surface area contributed by atoms with Crippen LogP contribution in [0.2, 0.25) is 0 Å². The molecular weight excluding hydrogens is 236 g/mol. The molecule has 0 spiro atoms. The smallest absolute Gasteiger partial charge is 0.122 e. The molecule has 0 saturated carbocycles. The summed E-state index contributed by atoms with van der Waals surface area (Å²) in [6.07, 6.45) is 1.01. The Morgan fingerprint density at radius 3 is 2.95 bits per heavy atom. The first-order valence-electron chi connectivity index (χ1n) is 6.61. The van der Waals surface area contributed by atoms with Gasteiger partial charge in [-0.1, -0.05) is 12.1 Å². The molecule has 1 aliphatic heterocycles. The molecule has 0 fully saturated rings. The number of hydrogen-bond acceptors (Lipinski definition) is 3. The standard InChI is InChI=1S/C16H18N2O/c1-17-14-4-2-3-12(9-14)11-18-15-5-6-16-13(10-15)7-8-19-16/h2-6,9-10,17-18H,7-8,11H2,1H3. The van der Waals surface area contributed by atoms with Gasteiger partial charge in [-0.2, -0.15) is 0 Å². The SMILES string of the molecule is CNc1cccc(CNc2ccc3c(c2)CCO3)c1. The molecule has 0 saturated heterocycles. The van der Waals surface area contributed by atoms with Gasteiger partial charge in [0.2, 0.25) is 0 Å². The van der Waals surface area contributed by atoms with Crippen LogP contribution in [-0.4, -0.2) is 13.7 Å². The number of fused-ring (bicyclic) bond motifs is 1. The van der Waals surface area contributed by atoms with E-state index in [1.807, 2.05) is 7.05 Å². The molecule has 3 heteroatoms. The summed E-state index contributed by atoms with van der Waals surface area (Å²) in [4.78, 5) is 0. The molecule has 0 amide bonds. The van der Waals surface area contributed by atoms with Gasteiger partial charge in [-0.25, -0.2) is 0 Å². The fraction of sp³-hybridized carbons (Fsp3) is 0.250. The van der Waals surface area contributed by atoms with Crippen molar-refractivity contribution in [1.29, 1.82) is 0 Å². The molecule has 2 N–H and O–H groups in total. The van der Waals surface area contributed by atoms with E-state index in [0.717, 1.165) is 36.7 Å². The molecule has 98 valence electrons. The van der Waals surface area contributed by atoms with Crippen molar-refractivity contribution >= 4 is 11.4 Å². The number of rotatable bonds is 4. The number of ether oxygens (including phenoxy) is 1. The summed E-state index contributed by atoms with van der Waals surface area (Å²) in [5.74, 6) is 1.03. The quantitative estimate of drug-likeness (QED) is 0.878. The Morgan fingerprint density at radius 1 is 1.11 bits per heavy atom. The molecule has 3 nitrogen and oxygen atoms in total. The van der Waals surface area contributed by atoms with Gasteiger partial charge in [0.1, 0.15) is 5.75 Å². The van der Waals surface area contributed by atoms with Crippen LogP contribution in [0.4, 0.5) is 11.4 Å². The molecule has 0 unspecified atom stereocenters. The topological polar surface area (TPSA) is 33.3 Å². The second-order valence-electron chi connectivity index (χ2n) is 4.72. The molecule has 1 aliphatic rings. The number of anilines is 2. The third kappa shape index (κ3) is 2.65.